The van der Waals surface area contributed by atoms with E-state index in [1.165, 1.54) is 11.8 Å². The fraction of sp³-hybridized carbons (Fsp3) is 0.259. The number of amides is 1. The quantitative estimate of drug-likeness (QED) is 0.288. The third kappa shape index (κ3) is 4.35. The Hall–Kier alpha value is -3.45. The lowest BCUT2D eigenvalue weighted by atomic mass is 9.95. The van der Waals surface area contributed by atoms with Crippen molar-refractivity contribution in [3.8, 4) is 0 Å². The summed E-state index contributed by atoms with van der Waals surface area (Å²) >= 11 is 1.28. The number of aryl methyl sites for hydroxylation is 2. The zero-order valence-electron chi connectivity index (χ0n) is 19.1. The van der Waals surface area contributed by atoms with Gasteiger partial charge in [0.25, 0.3) is 5.56 Å². The Labute approximate surface area is 202 Å². The van der Waals surface area contributed by atoms with Crippen LogP contribution < -0.4 is 10.5 Å². The van der Waals surface area contributed by atoms with E-state index in [4.69, 9.17) is 9.97 Å². The number of fused-ring (bicyclic) bond motifs is 2. The molecule has 0 unspecified atom stereocenters. The number of carbonyl (C=O) groups excluding carboxylic acids is 1. The summed E-state index contributed by atoms with van der Waals surface area (Å²) in [6, 6.07) is 21.2. The second-order valence-electron chi connectivity index (χ2n) is 8.31. The molecule has 4 aromatic rings. The molecule has 5 rings (SSSR count). The van der Waals surface area contributed by atoms with Crippen molar-refractivity contribution >= 4 is 40.1 Å². The predicted octanol–water partition coefficient (Wildman–Crippen LogP) is 5.15. The molecule has 0 bridgehead atoms. The van der Waals surface area contributed by atoms with E-state index < -0.39 is 0 Å². The fourth-order valence-corrected chi connectivity index (χ4v) is 5.32. The van der Waals surface area contributed by atoms with E-state index in [2.05, 4.69) is 0 Å². The molecule has 34 heavy (non-hydrogen) atoms. The van der Waals surface area contributed by atoms with Gasteiger partial charge in [-0.2, -0.15) is 0 Å². The Morgan fingerprint density at radius 1 is 0.971 bits per heavy atom. The molecule has 2 aromatic carbocycles. The van der Waals surface area contributed by atoms with E-state index in [1.807, 2.05) is 73.7 Å². The molecule has 0 atom stereocenters. The smallest absolute Gasteiger partial charge is 0.263 e. The highest BCUT2D eigenvalue weighted by atomic mass is 32.2. The lowest BCUT2D eigenvalue weighted by Gasteiger charge is -2.23. The third-order valence-corrected chi connectivity index (χ3v) is 7.07. The molecule has 0 saturated carbocycles. The molecule has 7 heteroatoms. The molecule has 6 nitrogen and oxygen atoms in total. The Bertz CT molecular complexity index is 1350. The van der Waals surface area contributed by atoms with Gasteiger partial charge in [0.2, 0.25) is 5.91 Å². The molecule has 0 saturated heterocycles. The normalized spacial score (nSPS) is 13.0. The summed E-state index contributed by atoms with van der Waals surface area (Å²) in [6.07, 6.45) is 4.13. The summed E-state index contributed by atoms with van der Waals surface area (Å²) in [6.45, 7) is 2.41. The molecular weight excluding hydrogens is 444 g/mol. The van der Waals surface area contributed by atoms with Crippen molar-refractivity contribution in [1.82, 2.24) is 14.5 Å². The van der Waals surface area contributed by atoms with Crippen LogP contribution in [0.1, 0.15) is 31.0 Å². The minimum Gasteiger partial charge on any atom is -0.287 e. The lowest BCUT2D eigenvalue weighted by Crippen LogP contribution is -2.28. The Balaban J connectivity index is 1.47. The summed E-state index contributed by atoms with van der Waals surface area (Å²) in [5, 5.41) is 1.09. The number of hydrogen-bond acceptors (Lipinski definition) is 5. The first kappa shape index (κ1) is 22.3. The van der Waals surface area contributed by atoms with Crippen molar-refractivity contribution in [3.05, 3.63) is 88.3 Å². The summed E-state index contributed by atoms with van der Waals surface area (Å²) in [7, 11) is 0. The average molecular weight is 471 g/mol. The minimum absolute atomic E-state index is 0.0854. The maximum Gasteiger partial charge on any atom is 0.263 e. The molecular formula is C27H26N4O2S. The number of thioether (sulfide) groups is 1. The maximum absolute atomic E-state index is 13.4. The third-order valence-electron chi connectivity index (χ3n) is 6.11. The molecule has 0 N–H and O–H groups in total. The first-order valence-electron chi connectivity index (χ1n) is 11.6. The second kappa shape index (κ2) is 9.81. The number of para-hydroxylation sites is 2. The molecule has 1 aliphatic rings. The van der Waals surface area contributed by atoms with Gasteiger partial charge in [0.05, 0.1) is 11.1 Å². The number of carbonyl (C=O) groups is 1. The molecule has 2 heterocycles. The second-order valence-corrected chi connectivity index (χ2v) is 9.25. The summed E-state index contributed by atoms with van der Waals surface area (Å²) in [5.41, 5.74) is 4.20. The molecule has 0 radical (unpaired) electrons. The SMILES string of the molecule is CCn1c(SCC(=O)N(c2ccccc2)c2ccccc2)nc2nc3c(cc2c1=O)CCCC3. The van der Waals surface area contributed by atoms with Crippen molar-refractivity contribution < 1.29 is 4.79 Å². The molecule has 0 aliphatic heterocycles. The number of nitrogens with zero attached hydrogens (tertiary/aromatic N) is 4. The van der Waals surface area contributed by atoms with Crippen molar-refractivity contribution in [2.45, 2.75) is 44.3 Å². The van der Waals surface area contributed by atoms with Gasteiger partial charge in [-0.25, -0.2) is 9.97 Å². The Morgan fingerprint density at radius 3 is 2.26 bits per heavy atom. The van der Waals surface area contributed by atoms with Crippen molar-refractivity contribution in [2.75, 3.05) is 10.7 Å². The molecule has 0 spiro atoms. The Morgan fingerprint density at radius 2 is 1.62 bits per heavy atom. The van der Waals surface area contributed by atoms with E-state index >= 15 is 0 Å². The first-order chi connectivity index (χ1) is 16.7. The molecule has 2 aromatic heterocycles. The minimum atomic E-state index is -0.0914. The Kier molecular flexibility index (Phi) is 6.45. The van der Waals surface area contributed by atoms with Gasteiger partial charge in [-0.3, -0.25) is 19.1 Å². The number of anilines is 2. The van der Waals surface area contributed by atoms with Crippen LogP contribution in [-0.2, 0) is 24.2 Å². The van der Waals surface area contributed by atoms with E-state index in [9.17, 15) is 9.59 Å². The van der Waals surface area contributed by atoms with Crippen molar-refractivity contribution in [3.63, 3.8) is 0 Å². The van der Waals surface area contributed by atoms with Crippen LogP contribution in [0.15, 0.2) is 76.7 Å². The van der Waals surface area contributed by atoms with Gasteiger partial charge >= 0.3 is 0 Å². The summed E-state index contributed by atoms with van der Waals surface area (Å²) < 4.78 is 1.65. The number of rotatable bonds is 6. The van der Waals surface area contributed by atoms with Gasteiger partial charge in [-0.05, 0) is 68.5 Å². The zero-order valence-corrected chi connectivity index (χ0v) is 19.9. The zero-order chi connectivity index (χ0) is 23.5. The van der Waals surface area contributed by atoms with Crippen LogP contribution >= 0.6 is 11.8 Å². The average Bonchev–Trinajstić information content (AvgIpc) is 2.88. The van der Waals surface area contributed by atoms with E-state index in [1.54, 1.807) is 9.47 Å². The topological polar surface area (TPSA) is 68.1 Å². The van der Waals surface area contributed by atoms with Crippen LogP contribution in [0.4, 0.5) is 11.4 Å². The fourth-order valence-electron chi connectivity index (χ4n) is 4.42. The molecule has 172 valence electrons. The predicted molar refractivity (Wildman–Crippen MR) is 137 cm³/mol. The largest absolute Gasteiger partial charge is 0.287 e. The van der Waals surface area contributed by atoms with E-state index in [0.29, 0.717) is 22.7 Å². The van der Waals surface area contributed by atoms with Gasteiger partial charge in [-0.1, -0.05) is 48.2 Å². The van der Waals surface area contributed by atoms with Crippen molar-refractivity contribution in [1.29, 1.82) is 0 Å². The van der Waals surface area contributed by atoms with E-state index in [-0.39, 0.29) is 17.2 Å². The maximum atomic E-state index is 13.4. The van der Waals surface area contributed by atoms with Crippen LogP contribution in [0, 0.1) is 0 Å². The van der Waals surface area contributed by atoms with Crippen molar-refractivity contribution in [2.24, 2.45) is 0 Å². The summed E-state index contributed by atoms with van der Waals surface area (Å²) in [5.74, 6) is 0.0601. The van der Waals surface area contributed by atoms with Crippen LogP contribution in [0.5, 0.6) is 0 Å². The standard InChI is InChI=1S/C27H26N4O2S/c1-2-30-26(33)22-17-19-11-9-10-16-23(19)28-25(22)29-27(30)34-18-24(32)31(20-12-5-3-6-13-20)21-14-7-4-8-15-21/h3-8,12-15,17H,2,9-11,16,18H2,1H3. The molecule has 1 amide bonds. The molecule has 1 aliphatic carbocycles. The highest BCUT2D eigenvalue weighted by molar-refractivity contribution is 7.99. The number of benzene rings is 2. The number of pyridine rings is 1. The number of aromatic nitrogens is 3. The van der Waals surface area contributed by atoms with Gasteiger partial charge in [-0.15, -0.1) is 0 Å². The van der Waals surface area contributed by atoms with Gasteiger partial charge in [0.15, 0.2) is 10.8 Å². The van der Waals surface area contributed by atoms with Gasteiger partial charge in [0.1, 0.15) is 0 Å². The monoisotopic (exact) mass is 470 g/mol. The van der Waals surface area contributed by atoms with E-state index in [0.717, 1.165) is 48.3 Å². The summed E-state index contributed by atoms with van der Waals surface area (Å²) in [4.78, 5) is 37.9. The van der Waals surface area contributed by atoms with Crippen LogP contribution in [0.3, 0.4) is 0 Å². The molecule has 0 fully saturated rings. The van der Waals surface area contributed by atoms with Gasteiger partial charge in [0, 0.05) is 23.6 Å². The number of hydrogen-bond donors (Lipinski definition) is 0. The highest BCUT2D eigenvalue weighted by Gasteiger charge is 2.21. The lowest BCUT2D eigenvalue weighted by molar-refractivity contribution is -0.115. The van der Waals surface area contributed by atoms with Gasteiger partial charge < -0.3 is 0 Å². The first-order valence-corrected chi connectivity index (χ1v) is 12.6. The van der Waals surface area contributed by atoms with Crippen LogP contribution in [-0.4, -0.2) is 26.2 Å². The van der Waals surface area contributed by atoms with Crippen LogP contribution in [0.25, 0.3) is 11.0 Å². The van der Waals surface area contributed by atoms with Crippen LogP contribution in [0.2, 0.25) is 0 Å². The highest BCUT2D eigenvalue weighted by Crippen LogP contribution is 2.28.